The van der Waals surface area contributed by atoms with E-state index in [9.17, 15) is 9.59 Å². The number of benzene rings is 1. The Hall–Kier alpha value is -2.16. The highest BCUT2D eigenvalue weighted by Gasteiger charge is 2.39. The minimum atomic E-state index is -0.437. The zero-order valence-electron chi connectivity index (χ0n) is 15.6. The molecule has 1 unspecified atom stereocenters. The average Bonchev–Trinajstić information content (AvgIpc) is 2.53. The molecule has 3 nitrogen and oxygen atoms in total. The summed E-state index contributed by atoms with van der Waals surface area (Å²) in [5.74, 6) is -0.0490. The van der Waals surface area contributed by atoms with E-state index in [0.717, 1.165) is 12.0 Å². The van der Waals surface area contributed by atoms with Gasteiger partial charge in [0.1, 0.15) is 11.9 Å². The van der Waals surface area contributed by atoms with E-state index in [-0.39, 0.29) is 29.5 Å². The van der Waals surface area contributed by atoms with Crippen LogP contribution in [0.1, 0.15) is 56.5 Å². The van der Waals surface area contributed by atoms with Crippen molar-refractivity contribution in [1.82, 2.24) is 0 Å². The van der Waals surface area contributed by atoms with Crippen LogP contribution in [0.4, 0.5) is 0 Å². The van der Waals surface area contributed by atoms with Crippen LogP contribution in [0.25, 0.3) is 6.08 Å². The van der Waals surface area contributed by atoms with Crippen LogP contribution >= 0.6 is 0 Å². The molecular weight excluding hydrogens is 312 g/mol. The molecule has 0 amide bonds. The molecule has 0 spiro atoms. The van der Waals surface area contributed by atoms with Gasteiger partial charge in [0.2, 0.25) is 0 Å². The summed E-state index contributed by atoms with van der Waals surface area (Å²) < 4.78 is 5.47. The number of hydrogen-bond donors (Lipinski definition) is 0. The van der Waals surface area contributed by atoms with Crippen molar-refractivity contribution in [2.24, 2.45) is 17.3 Å². The molecular formula is C22H28O3. The van der Waals surface area contributed by atoms with Crippen LogP contribution in [0.5, 0.6) is 0 Å². The van der Waals surface area contributed by atoms with E-state index in [2.05, 4.69) is 39.5 Å². The van der Waals surface area contributed by atoms with Crippen molar-refractivity contribution in [3.63, 3.8) is 0 Å². The van der Waals surface area contributed by atoms with Crippen molar-refractivity contribution < 1.29 is 14.3 Å². The van der Waals surface area contributed by atoms with Crippen LogP contribution in [0.2, 0.25) is 0 Å². The predicted octanol–water partition coefficient (Wildman–Crippen LogP) is 5.07. The number of rotatable bonds is 6. The first-order chi connectivity index (χ1) is 11.7. The number of ketones is 1. The van der Waals surface area contributed by atoms with E-state index in [1.54, 1.807) is 25.1 Å². The van der Waals surface area contributed by atoms with E-state index < -0.39 is 12.1 Å². The second-order valence-electron chi connectivity index (χ2n) is 7.67. The van der Waals surface area contributed by atoms with Gasteiger partial charge in [-0.15, -0.1) is 0 Å². The maximum Gasteiger partial charge on any atom is 0.338 e. The van der Waals surface area contributed by atoms with Gasteiger partial charge in [0.25, 0.3) is 0 Å². The van der Waals surface area contributed by atoms with Crippen LogP contribution in [0, 0.1) is 17.3 Å². The third-order valence-electron chi connectivity index (χ3n) is 4.98. The smallest absolute Gasteiger partial charge is 0.338 e. The highest BCUT2D eigenvalue weighted by atomic mass is 16.5. The first-order valence-corrected chi connectivity index (χ1v) is 8.87. The Morgan fingerprint density at radius 2 is 1.96 bits per heavy atom. The number of allylic oxidation sites excluding steroid dienone is 2. The minimum absolute atomic E-state index is 0.0365. The Morgan fingerprint density at radius 1 is 1.32 bits per heavy atom. The Kier molecular flexibility index (Phi) is 5.99. The summed E-state index contributed by atoms with van der Waals surface area (Å²) in [5.41, 5.74) is 1.37. The third-order valence-corrected chi connectivity index (χ3v) is 4.98. The molecule has 1 aliphatic carbocycles. The van der Waals surface area contributed by atoms with E-state index in [0.29, 0.717) is 5.56 Å². The monoisotopic (exact) mass is 340 g/mol. The second-order valence-corrected chi connectivity index (χ2v) is 7.67. The molecule has 2 rings (SSSR count). The summed E-state index contributed by atoms with van der Waals surface area (Å²) in [7, 11) is 0. The van der Waals surface area contributed by atoms with E-state index >= 15 is 0 Å². The SMILES string of the molecule is C=Cc1ccc(C(=O)OC(C)CC(=O)[C@H]2[C@H](C)C=CCC2(C)C)cc1. The van der Waals surface area contributed by atoms with Gasteiger partial charge in [0.05, 0.1) is 5.56 Å². The van der Waals surface area contributed by atoms with Gasteiger partial charge < -0.3 is 4.74 Å². The van der Waals surface area contributed by atoms with Gasteiger partial charge in [-0.3, -0.25) is 4.79 Å². The Labute approximate surface area is 150 Å². The van der Waals surface area contributed by atoms with Crippen molar-refractivity contribution in [3.8, 4) is 0 Å². The average molecular weight is 340 g/mol. The molecule has 25 heavy (non-hydrogen) atoms. The van der Waals surface area contributed by atoms with Gasteiger partial charge in [-0.2, -0.15) is 0 Å². The zero-order chi connectivity index (χ0) is 18.6. The Morgan fingerprint density at radius 3 is 2.52 bits per heavy atom. The third kappa shape index (κ3) is 4.68. The van der Waals surface area contributed by atoms with Gasteiger partial charge in [0, 0.05) is 12.3 Å². The summed E-state index contributed by atoms with van der Waals surface area (Å²) >= 11 is 0. The summed E-state index contributed by atoms with van der Waals surface area (Å²) in [6, 6.07) is 7.06. The quantitative estimate of drug-likeness (QED) is 0.536. The van der Waals surface area contributed by atoms with Gasteiger partial charge in [-0.25, -0.2) is 4.79 Å². The molecule has 0 radical (unpaired) electrons. The fourth-order valence-corrected chi connectivity index (χ4v) is 3.72. The van der Waals surface area contributed by atoms with Crippen LogP contribution < -0.4 is 0 Å². The normalized spacial score (nSPS) is 22.9. The highest BCUT2D eigenvalue weighted by molar-refractivity contribution is 5.90. The lowest BCUT2D eigenvalue weighted by Crippen LogP contribution is -2.38. The second kappa shape index (κ2) is 7.81. The molecule has 3 heteroatoms. The molecule has 0 saturated heterocycles. The Bertz CT molecular complexity index is 667. The minimum Gasteiger partial charge on any atom is -0.459 e. The lowest BCUT2D eigenvalue weighted by molar-refractivity contribution is -0.130. The molecule has 0 heterocycles. The summed E-state index contributed by atoms with van der Waals surface area (Å²) in [5, 5.41) is 0. The van der Waals surface area contributed by atoms with Crippen molar-refractivity contribution >= 4 is 17.8 Å². The number of hydrogen-bond acceptors (Lipinski definition) is 3. The topological polar surface area (TPSA) is 43.4 Å². The van der Waals surface area contributed by atoms with Crippen molar-refractivity contribution in [2.45, 2.75) is 46.6 Å². The zero-order valence-corrected chi connectivity index (χ0v) is 15.6. The maximum atomic E-state index is 12.8. The maximum absolute atomic E-state index is 12.8. The molecule has 1 aromatic rings. The number of Topliss-reactive ketones (excluding diaryl/α,β-unsaturated/α-hetero) is 1. The molecule has 1 aromatic carbocycles. The van der Waals surface area contributed by atoms with E-state index in [1.807, 2.05) is 12.1 Å². The van der Waals surface area contributed by atoms with Gasteiger partial charge in [-0.1, -0.05) is 57.7 Å². The molecule has 0 aromatic heterocycles. The van der Waals surface area contributed by atoms with Gasteiger partial charge in [0.15, 0.2) is 0 Å². The number of esters is 1. The van der Waals surface area contributed by atoms with E-state index in [4.69, 9.17) is 4.74 Å². The largest absolute Gasteiger partial charge is 0.459 e. The standard InChI is InChI=1S/C22H28O3/c1-6-17-9-11-18(12-10-17)21(24)25-16(3)14-19(23)20-15(2)8-7-13-22(20,4)5/h6-12,15-16,20H,1,13-14H2,2-5H3/t15-,16?,20-/m1/s1. The molecule has 0 saturated carbocycles. The van der Waals surface area contributed by atoms with Crippen LogP contribution in [-0.4, -0.2) is 17.9 Å². The van der Waals surface area contributed by atoms with E-state index in [1.165, 1.54) is 0 Å². The number of ether oxygens (including phenoxy) is 1. The van der Waals surface area contributed by atoms with Gasteiger partial charge >= 0.3 is 5.97 Å². The molecule has 134 valence electrons. The molecule has 0 fully saturated rings. The highest BCUT2D eigenvalue weighted by Crippen LogP contribution is 2.41. The lowest BCUT2D eigenvalue weighted by Gasteiger charge is -2.39. The lowest BCUT2D eigenvalue weighted by atomic mass is 9.65. The number of carbonyl (C=O) groups excluding carboxylic acids is 2. The first-order valence-electron chi connectivity index (χ1n) is 8.87. The van der Waals surface area contributed by atoms with Crippen LogP contribution in [-0.2, 0) is 9.53 Å². The molecule has 0 aliphatic heterocycles. The fraction of sp³-hybridized carbons (Fsp3) is 0.455. The molecule has 0 N–H and O–H groups in total. The Balaban J connectivity index is 1.97. The fourth-order valence-electron chi connectivity index (χ4n) is 3.72. The first kappa shape index (κ1) is 19.2. The predicted molar refractivity (Wildman–Crippen MR) is 101 cm³/mol. The molecule has 1 aliphatic rings. The van der Waals surface area contributed by atoms with Crippen molar-refractivity contribution in [3.05, 3.63) is 54.1 Å². The van der Waals surface area contributed by atoms with Gasteiger partial charge in [-0.05, 0) is 42.4 Å². The number of carbonyl (C=O) groups is 2. The van der Waals surface area contributed by atoms with Crippen molar-refractivity contribution in [2.75, 3.05) is 0 Å². The van der Waals surface area contributed by atoms with Crippen LogP contribution in [0.3, 0.4) is 0 Å². The summed E-state index contributed by atoms with van der Waals surface area (Å²) in [6.07, 6.45) is 6.71. The summed E-state index contributed by atoms with van der Waals surface area (Å²) in [6.45, 7) is 11.8. The van der Waals surface area contributed by atoms with Crippen LogP contribution in [0.15, 0.2) is 43.0 Å². The molecule has 3 atom stereocenters. The summed E-state index contributed by atoms with van der Waals surface area (Å²) in [4.78, 5) is 25.0. The molecule has 0 bridgehead atoms. The van der Waals surface area contributed by atoms with Crippen molar-refractivity contribution in [1.29, 1.82) is 0 Å².